The predicted octanol–water partition coefficient (Wildman–Crippen LogP) is 0.727. The molecular formula is C14H25N3O. The predicted molar refractivity (Wildman–Crippen MR) is 71.3 cm³/mol. The van der Waals surface area contributed by atoms with E-state index in [-0.39, 0.29) is 11.9 Å². The summed E-state index contributed by atoms with van der Waals surface area (Å²) in [7, 11) is 0. The van der Waals surface area contributed by atoms with E-state index in [1.807, 2.05) is 13.8 Å². The molecule has 2 saturated carbocycles. The molecule has 1 spiro atoms. The van der Waals surface area contributed by atoms with Crippen LogP contribution in [0.15, 0.2) is 0 Å². The van der Waals surface area contributed by atoms with E-state index in [1.54, 1.807) is 0 Å². The number of rotatable bonds is 5. The van der Waals surface area contributed by atoms with Crippen LogP contribution in [0.3, 0.4) is 0 Å². The second-order valence-corrected chi connectivity index (χ2v) is 6.91. The molecule has 4 heteroatoms. The Kier molecular flexibility index (Phi) is 3.10. The molecule has 1 aliphatic heterocycles. The van der Waals surface area contributed by atoms with Gasteiger partial charge in [-0.3, -0.25) is 9.69 Å². The molecule has 0 aromatic rings. The molecule has 1 amide bonds. The Bertz CT molecular complexity index is 324. The van der Waals surface area contributed by atoms with E-state index in [4.69, 9.17) is 0 Å². The van der Waals surface area contributed by atoms with Gasteiger partial charge in [0.1, 0.15) is 0 Å². The summed E-state index contributed by atoms with van der Waals surface area (Å²) in [6.07, 6.45) is 5.41. The summed E-state index contributed by atoms with van der Waals surface area (Å²) in [5.41, 5.74) is 0.560. The van der Waals surface area contributed by atoms with Gasteiger partial charge >= 0.3 is 0 Å². The van der Waals surface area contributed by atoms with Crippen LogP contribution >= 0.6 is 0 Å². The van der Waals surface area contributed by atoms with E-state index in [0.29, 0.717) is 12.0 Å². The van der Waals surface area contributed by atoms with Crippen molar-refractivity contribution in [3.8, 4) is 0 Å². The van der Waals surface area contributed by atoms with Crippen LogP contribution in [0.25, 0.3) is 0 Å². The quantitative estimate of drug-likeness (QED) is 0.757. The number of amides is 1. The van der Waals surface area contributed by atoms with Gasteiger partial charge in [-0.1, -0.05) is 0 Å². The van der Waals surface area contributed by atoms with Crippen LogP contribution in [-0.2, 0) is 4.79 Å². The molecule has 0 aromatic carbocycles. The Hall–Kier alpha value is -0.610. The normalized spacial score (nSPS) is 27.1. The minimum Gasteiger partial charge on any atom is -0.353 e. The fraction of sp³-hybridized carbons (Fsp3) is 0.929. The van der Waals surface area contributed by atoms with Crippen molar-refractivity contribution in [2.45, 2.75) is 57.7 Å². The van der Waals surface area contributed by atoms with Crippen molar-refractivity contribution in [2.24, 2.45) is 5.41 Å². The van der Waals surface area contributed by atoms with E-state index in [1.165, 1.54) is 25.7 Å². The first kappa shape index (κ1) is 12.4. The van der Waals surface area contributed by atoms with Crippen LogP contribution < -0.4 is 10.6 Å². The van der Waals surface area contributed by atoms with Crippen LogP contribution in [0.2, 0.25) is 0 Å². The highest BCUT2D eigenvalue weighted by Crippen LogP contribution is 2.48. The summed E-state index contributed by atoms with van der Waals surface area (Å²) in [6.45, 7) is 6.86. The lowest BCUT2D eigenvalue weighted by molar-refractivity contribution is -0.130. The summed E-state index contributed by atoms with van der Waals surface area (Å²) in [6, 6.07) is 1.85. The lowest BCUT2D eigenvalue weighted by Gasteiger charge is -2.59. The fourth-order valence-corrected chi connectivity index (χ4v) is 3.53. The molecule has 3 fully saturated rings. The van der Waals surface area contributed by atoms with Crippen molar-refractivity contribution >= 4 is 5.91 Å². The van der Waals surface area contributed by atoms with Gasteiger partial charge < -0.3 is 10.6 Å². The zero-order valence-electron chi connectivity index (χ0n) is 11.5. The summed E-state index contributed by atoms with van der Waals surface area (Å²) in [4.78, 5) is 13.9. The van der Waals surface area contributed by atoms with Crippen LogP contribution in [0, 0.1) is 5.41 Å². The number of carbonyl (C=O) groups excluding carboxylic acids is 1. The topological polar surface area (TPSA) is 44.4 Å². The first-order valence-electron chi connectivity index (χ1n) is 7.32. The molecule has 3 rings (SSSR count). The summed E-state index contributed by atoms with van der Waals surface area (Å²) in [5, 5.41) is 6.65. The second-order valence-electron chi connectivity index (χ2n) is 6.91. The summed E-state index contributed by atoms with van der Waals surface area (Å²) in [5.74, 6) is 0.173. The van der Waals surface area contributed by atoms with E-state index < -0.39 is 0 Å². The lowest BCUT2D eigenvalue weighted by Crippen LogP contribution is -2.67. The smallest absolute Gasteiger partial charge is 0.234 e. The monoisotopic (exact) mass is 251 g/mol. The first-order chi connectivity index (χ1) is 8.55. The van der Waals surface area contributed by atoms with Crippen molar-refractivity contribution < 1.29 is 4.79 Å². The molecule has 0 unspecified atom stereocenters. The third kappa shape index (κ3) is 2.69. The third-order valence-corrected chi connectivity index (χ3v) is 4.34. The Morgan fingerprint density at radius 2 is 1.94 bits per heavy atom. The van der Waals surface area contributed by atoms with E-state index in [0.717, 1.165) is 25.2 Å². The molecule has 3 aliphatic rings. The maximum atomic E-state index is 11.6. The largest absolute Gasteiger partial charge is 0.353 e. The average molecular weight is 251 g/mol. The van der Waals surface area contributed by atoms with Crippen LogP contribution in [-0.4, -0.2) is 48.6 Å². The van der Waals surface area contributed by atoms with Gasteiger partial charge in [-0.25, -0.2) is 0 Å². The second kappa shape index (κ2) is 4.49. The van der Waals surface area contributed by atoms with Gasteiger partial charge in [-0.05, 0) is 44.9 Å². The number of carbonyl (C=O) groups is 1. The molecule has 102 valence electrons. The van der Waals surface area contributed by atoms with Gasteiger partial charge in [0.15, 0.2) is 0 Å². The maximum Gasteiger partial charge on any atom is 0.234 e. The Labute approximate surface area is 109 Å². The zero-order chi connectivity index (χ0) is 12.8. The Morgan fingerprint density at radius 3 is 2.50 bits per heavy atom. The highest BCUT2D eigenvalue weighted by atomic mass is 16.2. The summed E-state index contributed by atoms with van der Waals surface area (Å²) < 4.78 is 0. The average Bonchev–Trinajstić information content (AvgIpc) is 2.93. The molecule has 18 heavy (non-hydrogen) atoms. The van der Waals surface area contributed by atoms with Crippen molar-refractivity contribution in [1.29, 1.82) is 0 Å². The number of nitrogens with one attached hydrogen (secondary N) is 2. The molecule has 2 aliphatic carbocycles. The standard InChI is InChI=1S/C14H25N3O/c1-10(2)15-13(18)7-17-8-14(9-17)5-12(6-14)16-11-3-4-11/h10-12,16H,3-9H2,1-2H3,(H,15,18). The van der Waals surface area contributed by atoms with Crippen molar-refractivity contribution in [3.63, 3.8) is 0 Å². The fourth-order valence-electron chi connectivity index (χ4n) is 3.53. The van der Waals surface area contributed by atoms with Gasteiger partial charge in [0.25, 0.3) is 0 Å². The van der Waals surface area contributed by atoms with Crippen molar-refractivity contribution in [1.82, 2.24) is 15.5 Å². The highest BCUT2D eigenvalue weighted by molar-refractivity contribution is 5.78. The molecule has 0 atom stereocenters. The molecule has 1 saturated heterocycles. The van der Waals surface area contributed by atoms with E-state index >= 15 is 0 Å². The zero-order valence-corrected chi connectivity index (χ0v) is 11.5. The van der Waals surface area contributed by atoms with Gasteiger partial charge in [-0.2, -0.15) is 0 Å². The SMILES string of the molecule is CC(C)NC(=O)CN1CC2(CC(NC3CC3)C2)C1. The minimum absolute atomic E-state index is 0.173. The van der Waals surface area contributed by atoms with E-state index in [2.05, 4.69) is 15.5 Å². The highest BCUT2D eigenvalue weighted by Gasteiger charge is 2.52. The van der Waals surface area contributed by atoms with Crippen molar-refractivity contribution in [3.05, 3.63) is 0 Å². The molecule has 4 nitrogen and oxygen atoms in total. The van der Waals surface area contributed by atoms with Gasteiger partial charge in [0.2, 0.25) is 5.91 Å². The number of likely N-dealkylation sites (tertiary alicyclic amines) is 1. The molecule has 0 aromatic heterocycles. The lowest BCUT2D eigenvalue weighted by atomic mass is 9.60. The van der Waals surface area contributed by atoms with Crippen molar-refractivity contribution in [2.75, 3.05) is 19.6 Å². The minimum atomic E-state index is 0.173. The van der Waals surface area contributed by atoms with Crippen LogP contribution in [0.1, 0.15) is 39.5 Å². The van der Waals surface area contributed by atoms with E-state index in [9.17, 15) is 4.79 Å². The number of hydrogen-bond acceptors (Lipinski definition) is 3. The molecule has 0 bridgehead atoms. The maximum absolute atomic E-state index is 11.6. The Morgan fingerprint density at radius 1 is 1.28 bits per heavy atom. The van der Waals surface area contributed by atoms with Crippen LogP contribution in [0.4, 0.5) is 0 Å². The third-order valence-electron chi connectivity index (χ3n) is 4.34. The van der Waals surface area contributed by atoms with Gasteiger partial charge in [-0.15, -0.1) is 0 Å². The Balaban J connectivity index is 1.32. The van der Waals surface area contributed by atoms with Gasteiger partial charge in [0, 0.05) is 31.2 Å². The molecular weight excluding hydrogens is 226 g/mol. The van der Waals surface area contributed by atoms with Gasteiger partial charge in [0.05, 0.1) is 6.54 Å². The number of nitrogens with zero attached hydrogens (tertiary/aromatic N) is 1. The first-order valence-corrected chi connectivity index (χ1v) is 7.32. The van der Waals surface area contributed by atoms with Crippen LogP contribution in [0.5, 0.6) is 0 Å². The number of hydrogen-bond donors (Lipinski definition) is 2. The molecule has 0 radical (unpaired) electrons. The molecule has 2 N–H and O–H groups in total. The molecule has 1 heterocycles. The summed E-state index contributed by atoms with van der Waals surface area (Å²) >= 11 is 0.